The summed E-state index contributed by atoms with van der Waals surface area (Å²) in [5, 5.41) is 12.0. The SMILES string of the molecule is Cc1cc(I)ccc1Nc1cc(F)c(Cl)cc1C(=O)NOCC(C)O. The van der Waals surface area contributed by atoms with E-state index in [0.717, 1.165) is 20.9 Å². The first-order valence-electron chi connectivity index (χ1n) is 7.40. The number of hydrogen-bond donors (Lipinski definition) is 3. The second kappa shape index (κ2) is 8.79. The van der Waals surface area contributed by atoms with E-state index in [1.807, 2.05) is 25.1 Å². The molecule has 0 spiro atoms. The molecule has 2 aromatic carbocycles. The van der Waals surface area contributed by atoms with Crippen molar-refractivity contribution in [1.82, 2.24) is 5.48 Å². The Bertz CT molecular complexity index is 787. The van der Waals surface area contributed by atoms with Crippen LogP contribution in [0.3, 0.4) is 0 Å². The second-order valence-corrected chi connectivity index (χ2v) is 7.14. The van der Waals surface area contributed by atoms with Gasteiger partial charge < -0.3 is 10.4 Å². The normalized spacial score (nSPS) is 11.9. The van der Waals surface area contributed by atoms with Gasteiger partial charge in [0, 0.05) is 9.26 Å². The van der Waals surface area contributed by atoms with Gasteiger partial charge in [0.25, 0.3) is 5.91 Å². The molecular weight excluding hydrogens is 462 g/mol. The highest BCUT2D eigenvalue weighted by Gasteiger charge is 2.16. The number of rotatable bonds is 6. The third kappa shape index (κ3) is 5.53. The molecule has 3 N–H and O–H groups in total. The summed E-state index contributed by atoms with van der Waals surface area (Å²) in [6.45, 7) is 3.36. The molecule has 1 unspecified atom stereocenters. The predicted octanol–water partition coefficient (Wildman–Crippen LogP) is 4.18. The topological polar surface area (TPSA) is 70.6 Å². The number of aryl methyl sites for hydroxylation is 1. The molecule has 0 aliphatic rings. The molecule has 1 amide bonds. The van der Waals surface area contributed by atoms with Crippen LogP contribution >= 0.6 is 34.2 Å². The zero-order valence-corrected chi connectivity index (χ0v) is 16.5. The van der Waals surface area contributed by atoms with Gasteiger partial charge in [-0.1, -0.05) is 11.6 Å². The van der Waals surface area contributed by atoms with E-state index in [-0.39, 0.29) is 22.9 Å². The number of hydroxylamine groups is 1. The number of carbonyl (C=O) groups excluding carboxylic acids is 1. The van der Waals surface area contributed by atoms with Crippen molar-refractivity contribution in [2.24, 2.45) is 0 Å². The molecule has 25 heavy (non-hydrogen) atoms. The van der Waals surface area contributed by atoms with Crippen molar-refractivity contribution in [3.63, 3.8) is 0 Å². The summed E-state index contributed by atoms with van der Waals surface area (Å²) in [6, 6.07) is 8.08. The van der Waals surface area contributed by atoms with E-state index in [1.165, 1.54) is 13.0 Å². The Morgan fingerprint density at radius 3 is 2.72 bits per heavy atom. The van der Waals surface area contributed by atoms with E-state index in [0.29, 0.717) is 0 Å². The van der Waals surface area contributed by atoms with Crippen LogP contribution in [0.15, 0.2) is 30.3 Å². The van der Waals surface area contributed by atoms with Crippen molar-refractivity contribution in [3.05, 3.63) is 55.9 Å². The highest BCUT2D eigenvalue weighted by atomic mass is 127. The van der Waals surface area contributed by atoms with Gasteiger partial charge in [0.1, 0.15) is 12.4 Å². The molecule has 1 atom stereocenters. The molecule has 0 aliphatic heterocycles. The molecule has 8 heteroatoms. The van der Waals surface area contributed by atoms with Crippen molar-refractivity contribution in [1.29, 1.82) is 0 Å². The Balaban J connectivity index is 2.30. The van der Waals surface area contributed by atoms with Crippen LogP contribution in [-0.4, -0.2) is 23.7 Å². The first-order chi connectivity index (χ1) is 11.8. The third-order valence-electron chi connectivity index (χ3n) is 3.25. The molecule has 2 aromatic rings. The van der Waals surface area contributed by atoms with Crippen LogP contribution in [0.25, 0.3) is 0 Å². The van der Waals surface area contributed by atoms with Gasteiger partial charge in [-0.05, 0) is 72.3 Å². The Kier molecular flexibility index (Phi) is 7.00. The van der Waals surface area contributed by atoms with Gasteiger partial charge in [0.2, 0.25) is 0 Å². The third-order valence-corrected chi connectivity index (χ3v) is 4.21. The number of benzene rings is 2. The minimum absolute atomic E-state index is 0.0698. The molecule has 0 saturated carbocycles. The lowest BCUT2D eigenvalue weighted by molar-refractivity contribution is -0.00682. The number of aliphatic hydroxyl groups is 1. The Labute approximate surface area is 163 Å². The summed E-state index contributed by atoms with van der Waals surface area (Å²) >= 11 is 8.00. The van der Waals surface area contributed by atoms with E-state index in [9.17, 15) is 9.18 Å². The summed E-state index contributed by atoms with van der Waals surface area (Å²) < 4.78 is 14.9. The van der Waals surface area contributed by atoms with E-state index >= 15 is 0 Å². The minimum Gasteiger partial charge on any atom is -0.391 e. The van der Waals surface area contributed by atoms with Gasteiger partial charge >= 0.3 is 0 Å². The molecule has 134 valence electrons. The van der Waals surface area contributed by atoms with Crippen molar-refractivity contribution >= 4 is 51.5 Å². The number of hydrogen-bond acceptors (Lipinski definition) is 4. The summed E-state index contributed by atoms with van der Waals surface area (Å²) in [7, 11) is 0. The van der Waals surface area contributed by atoms with Crippen LogP contribution in [0.2, 0.25) is 5.02 Å². The van der Waals surface area contributed by atoms with E-state index in [1.54, 1.807) is 0 Å². The molecule has 5 nitrogen and oxygen atoms in total. The summed E-state index contributed by atoms with van der Waals surface area (Å²) in [5.74, 6) is -1.25. The van der Waals surface area contributed by atoms with Crippen LogP contribution in [-0.2, 0) is 4.84 Å². The maximum absolute atomic E-state index is 13.9. The molecule has 2 rings (SSSR count). The molecule has 0 aliphatic carbocycles. The maximum atomic E-state index is 13.9. The van der Waals surface area contributed by atoms with Gasteiger partial charge in [-0.15, -0.1) is 0 Å². The fourth-order valence-corrected chi connectivity index (χ4v) is 2.84. The number of carbonyl (C=O) groups is 1. The fraction of sp³-hybridized carbons (Fsp3) is 0.235. The lowest BCUT2D eigenvalue weighted by Gasteiger charge is -2.15. The first kappa shape index (κ1) is 19.9. The average Bonchev–Trinajstić information content (AvgIpc) is 2.52. The van der Waals surface area contributed by atoms with Crippen molar-refractivity contribution in [2.75, 3.05) is 11.9 Å². The Morgan fingerprint density at radius 1 is 1.36 bits per heavy atom. The summed E-state index contributed by atoms with van der Waals surface area (Å²) in [6.07, 6.45) is -0.732. The Morgan fingerprint density at radius 2 is 2.08 bits per heavy atom. The summed E-state index contributed by atoms with van der Waals surface area (Å²) in [5.41, 5.74) is 4.26. The first-order valence-corrected chi connectivity index (χ1v) is 8.86. The monoisotopic (exact) mass is 478 g/mol. The Hall–Kier alpha value is -1.42. The molecule has 0 aromatic heterocycles. The van der Waals surface area contributed by atoms with Gasteiger partial charge in [-0.3, -0.25) is 9.63 Å². The quantitative estimate of drug-likeness (QED) is 0.430. The lowest BCUT2D eigenvalue weighted by atomic mass is 10.1. The van der Waals surface area contributed by atoms with Gasteiger partial charge in [0.15, 0.2) is 0 Å². The number of amides is 1. The predicted molar refractivity (Wildman–Crippen MR) is 104 cm³/mol. The zero-order chi connectivity index (χ0) is 18.6. The standard InChI is InChI=1S/C17H17ClFIN2O3/c1-9-5-11(20)3-4-15(9)21-16-7-14(19)13(18)6-12(16)17(24)22-25-8-10(2)23/h3-7,10,21,23H,8H2,1-2H3,(H,22,24). The average molecular weight is 479 g/mol. The van der Waals surface area contributed by atoms with Crippen LogP contribution in [0.1, 0.15) is 22.8 Å². The number of anilines is 2. The van der Waals surface area contributed by atoms with Crippen molar-refractivity contribution < 1.29 is 19.1 Å². The zero-order valence-electron chi connectivity index (χ0n) is 13.6. The van der Waals surface area contributed by atoms with Crippen LogP contribution in [0.4, 0.5) is 15.8 Å². The minimum atomic E-state index is -0.732. The van der Waals surface area contributed by atoms with Crippen LogP contribution in [0, 0.1) is 16.3 Å². The number of nitrogens with one attached hydrogen (secondary N) is 2. The van der Waals surface area contributed by atoms with Crippen LogP contribution in [0.5, 0.6) is 0 Å². The van der Waals surface area contributed by atoms with Crippen LogP contribution < -0.4 is 10.8 Å². The largest absolute Gasteiger partial charge is 0.391 e. The summed E-state index contributed by atoms with van der Waals surface area (Å²) in [4.78, 5) is 17.2. The lowest BCUT2D eigenvalue weighted by Crippen LogP contribution is -2.28. The molecule has 0 radical (unpaired) electrons. The fourth-order valence-electron chi connectivity index (χ4n) is 2.03. The van der Waals surface area contributed by atoms with E-state index < -0.39 is 17.8 Å². The van der Waals surface area contributed by atoms with Gasteiger partial charge in [-0.2, -0.15) is 0 Å². The van der Waals surface area contributed by atoms with Gasteiger partial charge in [0.05, 0.1) is 22.4 Å². The highest BCUT2D eigenvalue weighted by Crippen LogP contribution is 2.29. The highest BCUT2D eigenvalue weighted by molar-refractivity contribution is 14.1. The maximum Gasteiger partial charge on any atom is 0.277 e. The molecule has 0 saturated heterocycles. The second-order valence-electron chi connectivity index (χ2n) is 5.49. The smallest absolute Gasteiger partial charge is 0.277 e. The van der Waals surface area contributed by atoms with Crippen molar-refractivity contribution in [3.8, 4) is 0 Å². The van der Waals surface area contributed by atoms with E-state index in [4.69, 9.17) is 21.5 Å². The van der Waals surface area contributed by atoms with Gasteiger partial charge in [-0.25, -0.2) is 9.87 Å². The number of aliphatic hydroxyl groups excluding tert-OH is 1. The van der Waals surface area contributed by atoms with E-state index in [2.05, 4.69) is 33.4 Å². The van der Waals surface area contributed by atoms with Crippen molar-refractivity contribution in [2.45, 2.75) is 20.0 Å². The molecule has 0 heterocycles. The number of halogens is 3. The molecular formula is C17H17ClFIN2O3. The molecule has 0 bridgehead atoms. The molecule has 0 fully saturated rings.